The molecule has 0 aliphatic carbocycles. The molecule has 0 aromatic heterocycles. The summed E-state index contributed by atoms with van der Waals surface area (Å²) in [5.74, 6) is 5.37. The zero-order valence-electron chi connectivity index (χ0n) is 12.0. The van der Waals surface area contributed by atoms with E-state index in [9.17, 15) is 4.79 Å². The topological polar surface area (TPSA) is 87.8 Å². The highest BCUT2D eigenvalue weighted by molar-refractivity contribution is 5.94. The van der Waals surface area contributed by atoms with E-state index in [1.165, 1.54) is 0 Å². The molecule has 20 heavy (non-hydrogen) atoms. The van der Waals surface area contributed by atoms with Crippen molar-refractivity contribution in [2.75, 3.05) is 26.3 Å². The van der Waals surface area contributed by atoms with Gasteiger partial charge in [-0.1, -0.05) is 6.07 Å². The van der Waals surface area contributed by atoms with Crippen LogP contribution < -0.4 is 16.0 Å². The van der Waals surface area contributed by atoms with E-state index in [4.69, 9.17) is 15.7 Å². The summed E-state index contributed by atoms with van der Waals surface area (Å²) in [7, 11) is 0. The molecule has 6 heteroatoms. The van der Waals surface area contributed by atoms with E-state index in [2.05, 4.69) is 24.2 Å². The van der Waals surface area contributed by atoms with Crippen molar-refractivity contribution >= 4 is 5.91 Å². The van der Waals surface area contributed by atoms with Crippen molar-refractivity contribution in [3.05, 3.63) is 29.8 Å². The van der Waals surface area contributed by atoms with Gasteiger partial charge in [0.05, 0.1) is 6.61 Å². The van der Waals surface area contributed by atoms with Gasteiger partial charge in [-0.05, 0) is 32.0 Å². The Kier molecular flexibility index (Phi) is 7.00. The lowest BCUT2D eigenvalue weighted by molar-refractivity contribution is 0.0953. The number of hydrazine groups is 1. The number of hydrogen-bond acceptors (Lipinski definition) is 5. The summed E-state index contributed by atoms with van der Waals surface area (Å²) >= 11 is 0. The SMILES string of the molecule is CC(C)N(CCO)CCOc1cccc(C(=O)NN)c1. The molecule has 0 bridgehead atoms. The Bertz CT molecular complexity index is 424. The molecule has 4 N–H and O–H groups in total. The molecule has 0 aliphatic heterocycles. The van der Waals surface area contributed by atoms with Crippen molar-refractivity contribution in [3.63, 3.8) is 0 Å². The Labute approximate surface area is 119 Å². The van der Waals surface area contributed by atoms with E-state index in [1.54, 1.807) is 24.3 Å². The van der Waals surface area contributed by atoms with Gasteiger partial charge in [0.25, 0.3) is 5.91 Å². The average molecular weight is 281 g/mol. The van der Waals surface area contributed by atoms with Gasteiger partial charge in [0, 0.05) is 24.7 Å². The second-order valence-corrected chi connectivity index (χ2v) is 4.70. The second-order valence-electron chi connectivity index (χ2n) is 4.70. The number of nitrogens with one attached hydrogen (secondary N) is 1. The first-order valence-corrected chi connectivity index (χ1v) is 6.67. The molecule has 0 unspecified atom stereocenters. The standard InChI is InChI=1S/C14H23N3O3/c1-11(2)17(6-8-18)7-9-20-13-5-3-4-12(10-13)14(19)16-15/h3-5,10-11,18H,6-9,15H2,1-2H3,(H,16,19). The molecule has 0 spiro atoms. The predicted molar refractivity (Wildman–Crippen MR) is 77.4 cm³/mol. The van der Waals surface area contributed by atoms with E-state index in [1.807, 2.05) is 0 Å². The number of nitrogens with zero attached hydrogens (tertiary/aromatic N) is 1. The number of ether oxygens (including phenoxy) is 1. The third kappa shape index (κ3) is 5.16. The maximum atomic E-state index is 11.4. The van der Waals surface area contributed by atoms with Crippen molar-refractivity contribution in [2.24, 2.45) is 5.84 Å². The summed E-state index contributed by atoms with van der Waals surface area (Å²) in [6.45, 7) is 6.10. The zero-order chi connectivity index (χ0) is 15.0. The van der Waals surface area contributed by atoms with Gasteiger partial charge in [-0.15, -0.1) is 0 Å². The number of rotatable bonds is 8. The molecule has 1 aromatic rings. The molecule has 0 saturated heterocycles. The molecule has 6 nitrogen and oxygen atoms in total. The molecule has 0 aliphatic rings. The molecule has 112 valence electrons. The van der Waals surface area contributed by atoms with E-state index in [0.29, 0.717) is 37.1 Å². The number of hydrogen-bond donors (Lipinski definition) is 3. The molecule has 1 aromatic carbocycles. The highest BCUT2D eigenvalue weighted by atomic mass is 16.5. The molecular formula is C14H23N3O3. The van der Waals surface area contributed by atoms with Gasteiger partial charge in [0.2, 0.25) is 0 Å². The Morgan fingerprint density at radius 2 is 2.20 bits per heavy atom. The summed E-state index contributed by atoms with van der Waals surface area (Å²) in [5.41, 5.74) is 2.54. The van der Waals surface area contributed by atoms with E-state index in [-0.39, 0.29) is 12.5 Å². The van der Waals surface area contributed by atoms with E-state index in [0.717, 1.165) is 0 Å². The zero-order valence-corrected chi connectivity index (χ0v) is 12.0. The average Bonchev–Trinajstić information content (AvgIpc) is 2.45. The monoisotopic (exact) mass is 281 g/mol. The van der Waals surface area contributed by atoms with E-state index >= 15 is 0 Å². The lowest BCUT2D eigenvalue weighted by Crippen LogP contribution is -2.36. The Morgan fingerprint density at radius 1 is 1.45 bits per heavy atom. The van der Waals surface area contributed by atoms with Crippen molar-refractivity contribution < 1.29 is 14.6 Å². The van der Waals surface area contributed by atoms with Gasteiger partial charge in [0.1, 0.15) is 12.4 Å². The van der Waals surface area contributed by atoms with Crippen LogP contribution in [0.5, 0.6) is 5.75 Å². The van der Waals surface area contributed by atoms with Gasteiger partial charge >= 0.3 is 0 Å². The quantitative estimate of drug-likeness (QED) is 0.364. The van der Waals surface area contributed by atoms with Crippen molar-refractivity contribution in [1.29, 1.82) is 0 Å². The van der Waals surface area contributed by atoms with Crippen LogP contribution in [0.15, 0.2) is 24.3 Å². The first-order chi connectivity index (χ1) is 9.58. The highest BCUT2D eigenvalue weighted by Crippen LogP contribution is 2.13. The largest absolute Gasteiger partial charge is 0.492 e. The molecule has 0 fully saturated rings. The van der Waals surface area contributed by atoms with Crippen LogP contribution in [0.1, 0.15) is 24.2 Å². The number of nitrogens with two attached hydrogens (primary N) is 1. The summed E-state index contributed by atoms with van der Waals surface area (Å²) in [5, 5.41) is 8.99. The predicted octanol–water partition coefficient (Wildman–Crippen LogP) is 0.372. The van der Waals surface area contributed by atoms with Crippen LogP contribution in [0, 0.1) is 0 Å². The summed E-state index contributed by atoms with van der Waals surface area (Å²) in [4.78, 5) is 13.5. The van der Waals surface area contributed by atoms with Crippen LogP contribution in [0.4, 0.5) is 0 Å². The fourth-order valence-corrected chi connectivity index (χ4v) is 1.85. The summed E-state index contributed by atoms with van der Waals surface area (Å²) in [6, 6.07) is 7.20. The molecular weight excluding hydrogens is 258 g/mol. The van der Waals surface area contributed by atoms with Crippen molar-refractivity contribution in [1.82, 2.24) is 10.3 Å². The van der Waals surface area contributed by atoms with Crippen LogP contribution in [-0.4, -0.2) is 48.3 Å². The normalized spacial score (nSPS) is 10.9. The van der Waals surface area contributed by atoms with E-state index < -0.39 is 0 Å². The third-order valence-electron chi connectivity index (χ3n) is 2.99. The number of benzene rings is 1. The van der Waals surface area contributed by atoms with Crippen LogP contribution in [0.25, 0.3) is 0 Å². The molecule has 1 amide bonds. The maximum Gasteiger partial charge on any atom is 0.265 e. The Hall–Kier alpha value is -1.63. The molecule has 0 saturated carbocycles. The van der Waals surface area contributed by atoms with Crippen molar-refractivity contribution in [3.8, 4) is 5.75 Å². The van der Waals surface area contributed by atoms with Gasteiger partial charge in [-0.3, -0.25) is 15.1 Å². The first-order valence-electron chi connectivity index (χ1n) is 6.67. The van der Waals surface area contributed by atoms with Gasteiger partial charge in [0.15, 0.2) is 0 Å². The highest BCUT2D eigenvalue weighted by Gasteiger charge is 2.09. The fraction of sp³-hybridized carbons (Fsp3) is 0.500. The summed E-state index contributed by atoms with van der Waals surface area (Å²) in [6.07, 6.45) is 0. The number of carbonyl (C=O) groups is 1. The van der Waals surface area contributed by atoms with Crippen LogP contribution in [0.2, 0.25) is 0 Å². The smallest absolute Gasteiger partial charge is 0.265 e. The fourth-order valence-electron chi connectivity index (χ4n) is 1.85. The number of amides is 1. The van der Waals surface area contributed by atoms with Crippen LogP contribution >= 0.6 is 0 Å². The third-order valence-corrected chi connectivity index (χ3v) is 2.99. The summed E-state index contributed by atoms with van der Waals surface area (Å²) < 4.78 is 5.62. The first kappa shape index (κ1) is 16.4. The Balaban J connectivity index is 2.51. The molecule has 0 radical (unpaired) electrons. The molecule has 1 rings (SSSR count). The minimum absolute atomic E-state index is 0.129. The minimum Gasteiger partial charge on any atom is -0.492 e. The van der Waals surface area contributed by atoms with Crippen molar-refractivity contribution in [2.45, 2.75) is 19.9 Å². The minimum atomic E-state index is -0.348. The van der Waals surface area contributed by atoms with Gasteiger partial charge in [-0.2, -0.15) is 0 Å². The Morgan fingerprint density at radius 3 is 2.80 bits per heavy atom. The maximum absolute atomic E-state index is 11.4. The molecule has 0 atom stereocenters. The number of aliphatic hydroxyl groups excluding tert-OH is 1. The number of aliphatic hydroxyl groups is 1. The van der Waals surface area contributed by atoms with Crippen LogP contribution in [-0.2, 0) is 0 Å². The number of nitrogen functional groups attached to an aromatic ring is 1. The number of carbonyl (C=O) groups excluding carboxylic acids is 1. The van der Waals surface area contributed by atoms with Gasteiger partial charge in [-0.25, -0.2) is 5.84 Å². The lowest BCUT2D eigenvalue weighted by Gasteiger charge is -2.25. The lowest BCUT2D eigenvalue weighted by atomic mass is 10.2. The second kappa shape index (κ2) is 8.52. The van der Waals surface area contributed by atoms with Gasteiger partial charge < -0.3 is 9.84 Å². The molecule has 0 heterocycles. The van der Waals surface area contributed by atoms with Crippen LogP contribution in [0.3, 0.4) is 0 Å².